The van der Waals surface area contributed by atoms with Crippen molar-refractivity contribution in [2.24, 2.45) is 7.05 Å². The molecular formula is C15H14N2O2. The van der Waals surface area contributed by atoms with Crippen LogP contribution in [0.15, 0.2) is 47.5 Å². The van der Waals surface area contributed by atoms with Crippen LogP contribution >= 0.6 is 0 Å². The first kappa shape index (κ1) is 11.7. The molecule has 0 spiro atoms. The minimum absolute atomic E-state index is 0.0391. The Labute approximate surface area is 110 Å². The smallest absolute Gasteiger partial charge is 0.252 e. The molecule has 1 amide bonds. The van der Waals surface area contributed by atoms with Crippen molar-refractivity contribution in [2.45, 2.75) is 12.5 Å². The summed E-state index contributed by atoms with van der Waals surface area (Å²) in [4.78, 5) is 24.0. The van der Waals surface area contributed by atoms with E-state index >= 15 is 0 Å². The van der Waals surface area contributed by atoms with Crippen LogP contribution in [0.1, 0.15) is 27.5 Å². The van der Waals surface area contributed by atoms with Gasteiger partial charge in [-0.05, 0) is 18.1 Å². The molecule has 0 saturated carbocycles. The Hall–Kier alpha value is -2.36. The number of nitrogens with zero attached hydrogens (tertiary/aromatic N) is 1. The Morgan fingerprint density at radius 2 is 2.00 bits per heavy atom. The molecule has 0 aliphatic carbocycles. The van der Waals surface area contributed by atoms with Gasteiger partial charge < -0.3 is 9.88 Å². The van der Waals surface area contributed by atoms with Crippen molar-refractivity contribution >= 4 is 5.91 Å². The zero-order chi connectivity index (χ0) is 13.4. The molecule has 1 unspecified atom stereocenters. The highest BCUT2D eigenvalue weighted by Crippen LogP contribution is 2.23. The van der Waals surface area contributed by atoms with Gasteiger partial charge in [-0.1, -0.05) is 18.2 Å². The minimum atomic E-state index is -0.248. The average Bonchev–Trinajstić information content (AvgIpc) is 2.41. The van der Waals surface area contributed by atoms with E-state index in [1.165, 1.54) is 6.07 Å². The second-order valence-corrected chi connectivity index (χ2v) is 4.82. The van der Waals surface area contributed by atoms with E-state index in [1.807, 2.05) is 35.9 Å². The lowest BCUT2D eigenvalue weighted by molar-refractivity contribution is 0.0924. The van der Waals surface area contributed by atoms with Gasteiger partial charge in [-0.25, -0.2) is 0 Å². The van der Waals surface area contributed by atoms with E-state index in [-0.39, 0.29) is 17.4 Å². The lowest BCUT2D eigenvalue weighted by Gasteiger charge is -2.25. The van der Waals surface area contributed by atoms with Gasteiger partial charge in [0.2, 0.25) is 0 Å². The molecule has 1 aliphatic heterocycles. The normalized spacial score (nSPS) is 17.7. The summed E-state index contributed by atoms with van der Waals surface area (Å²) in [6, 6.07) is 8.79. The number of carbonyl (C=O) groups excluding carboxylic acids is 1. The van der Waals surface area contributed by atoms with Gasteiger partial charge in [0.25, 0.3) is 5.91 Å². The average molecular weight is 254 g/mol. The lowest BCUT2D eigenvalue weighted by Crippen LogP contribution is -2.37. The number of carbonyl (C=O) groups is 1. The number of nitrogens with one attached hydrogen (secondary N) is 1. The molecule has 2 heterocycles. The maximum Gasteiger partial charge on any atom is 0.252 e. The number of amides is 1. The number of fused-ring (bicyclic) bond motifs is 1. The molecule has 4 nitrogen and oxygen atoms in total. The maximum atomic E-state index is 12.0. The van der Waals surface area contributed by atoms with Gasteiger partial charge in [-0.2, -0.15) is 0 Å². The molecule has 0 bridgehead atoms. The van der Waals surface area contributed by atoms with Crippen LogP contribution in [0.5, 0.6) is 0 Å². The summed E-state index contributed by atoms with van der Waals surface area (Å²) in [5, 5.41) is 2.90. The number of benzene rings is 1. The third kappa shape index (κ3) is 2.05. The van der Waals surface area contributed by atoms with Crippen molar-refractivity contribution in [3.63, 3.8) is 0 Å². The van der Waals surface area contributed by atoms with E-state index in [0.717, 1.165) is 5.56 Å². The van der Waals surface area contributed by atoms with Crippen molar-refractivity contribution in [3.05, 3.63) is 69.6 Å². The molecule has 1 aliphatic rings. The quantitative estimate of drug-likeness (QED) is 0.836. The fourth-order valence-corrected chi connectivity index (χ4v) is 2.48. The fraction of sp³-hybridized carbons (Fsp3) is 0.200. The van der Waals surface area contributed by atoms with E-state index < -0.39 is 0 Å². The third-order valence-corrected chi connectivity index (χ3v) is 3.46. The minimum Gasteiger partial charge on any atom is -0.357 e. The van der Waals surface area contributed by atoms with Crippen LogP contribution in [-0.4, -0.2) is 10.5 Å². The first-order valence-electron chi connectivity index (χ1n) is 6.20. The van der Waals surface area contributed by atoms with Gasteiger partial charge in [-0.15, -0.1) is 0 Å². The fourth-order valence-electron chi connectivity index (χ4n) is 2.48. The highest BCUT2D eigenvalue weighted by atomic mass is 16.2. The van der Waals surface area contributed by atoms with Crippen LogP contribution in [0.3, 0.4) is 0 Å². The van der Waals surface area contributed by atoms with Crippen molar-refractivity contribution in [1.29, 1.82) is 0 Å². The number of pyridine rings is 1. The van der Waals surface area contributed by atoms with E-state index in [4.69, 9.17) is 0 Å². The van der Waals surface area contributed by atoms with E-state index in [9.17, 15) is 9.59 Å². The van der Waals surface area contributed by atoms with Crippen LogP contribution in [0.25, 0.3) is 0 Å². The molecule has 96 valence electrons. The van der Waals surface area contributed by atoms with Crippen molar-refractivity contribution in [1.82, 2.24) is 9.88 Å². The second kappa shape index (κ2) is 4.39. The molecule has 1 N–H and O–H groups in total. The highest BCUT2D eigenvalue weighted by Gasteiger charge is 2.26. The summed E-state index contributed by atoms with van der Waals surface area (Å²) < 4.78 is 1.82. The monoisotopic (exact) mass is 254 g/mol. The first-order chi connectivity index (χ1) is 9.15. The van der Waals surface area contributed by atoms with Gasteiger partial charge in [-0.3, -0.25) is 9.59 Å². The second-order valence-electron chi connectivity index (χ2n) is 4.82. The summed E-state index contributed by atoms with van der Waals surface area (Å²) in [5.41, 5.74) is 2.28. The summed E-state index contributed by atoms with van der Waals surface area (Å²) in [6.45, 7) is 0. The molecule has 1 atom stereocenters. The zero-order valence-corrected chi connectivity index (χ0v) is 10.6. The molecule has 19 heavy (non-hydrogen) atoms. The maximum absolute atomic E-state index is 12.0. The summed E-state index contributed by atoms with van der Waals surface area (Å²) in [5.74, 6) is -0.113. The Morgan fingerprint density at radius 3 is 2.84 bits per heavy atom. The van der Waals surface area contributed by atoms with Crippen molar-refractivity contribution < 1.29 is 4.79 Å². The summed E-state index contributed by atoms with van der Waals surface area (Å²) >= 11 is 0. The summed E-state index contributed by atoms with van der Waals surface area (Å²) in [7, 11) is 1.86. The summed E-state index contributed by atoms with van der Waals surface area (Å²) in [6.07, 6.45) is 4.15. The molecule has 0 fully saturated rings. The number of aryl methyl sites for hydroxylation is 1. The number of aromatic nitrogens is 1. The highest BCUT2D eigenvalue weighted by molar-refractivity contribution is 5.97. The van der Waals surface area contributed by atoms with Crippen LogP contribution in [0, 0.1) is 0 Å². The standard InChI is InChI=1S/C15H14N2O2/c1-17-7-6-14(18)12(9-17)13-8-10-4-2-3-5-11(10)15(19)16-13/h2-7,9,13H,8H2,1H3,(H,16,19). The van der Waals surface area contributed by atoms with Gasteiger partial charge in [0.1, 0.15) is 0 Å². The molecule has 0 radical (unpaired) electrons. The van der Waals surface area contributed by atoms with Crippen molar-refractivity contribution in [3.8, 4) is 0 Å². The van der Waals surface area contributed by atoms with Crippen LogP contribution < -0.4 is 10.7 Å². The largest absolute Gasteiger partial charge is 0.357 e. The Balaban J connectivity index is 2.04. The van der Waals surface area contributed by atoms with Crippen LogP contribution in [0.2, 0.25) is 0 Å². The Bertz CT molecular complexity index is 703. The molecule has 3 rings (SSSR count). The zero-order valence-electron chi connectivity index (χ0n) is 10.6. The predicted molar refractivity (Wildman–Crippen MR) is 72.0 cm³/mol. The molecule has 0 saturated heterocycles. The molecule has 2 aromatic rings. The van der Waals surface area contributed by atoms with Gasteiger partial charge in [0.05, 0.1) is 6.04 Å². The SMILES string of the molecule is Cn1ccc(=O)c(C2Cc3ccccc3C(=O)N2)c1. The number of hydrogen-bond acceptors (Lipinski definition) is 2. The molecule has 1 aromatic carbocycles. The predicted octanol–water partition coefficient (Wildman–Crippen LogP) is 1.41. The first-order valence-corrected chi connectivity index (χ1v) is 6.20. The Kier molecular flexibility index (Phi) is 2.71. The third-order valence-electron chi connectivity index (χ3n) is 3.46. The number of rotatable bonds is 1. The van der Waals surface area contributed by atoms with Gasteiger partial charge in [0, 0.05) is 36.6 Å². The Morgan fingerprint density at radius 1 is 1.21 bits per heavy atom. The van der Waals surface area contributed by atoms with Crippen molar-refractivity contribution in [2.75, 3.05) is 0 Å². The van der Waals surface area contributed by atoms with E-state index in [0.29, 0.717) is 17.5 Å². The molecule has 1 aromatic heterocycles. The lowest BCUT2D eigenvalue weighted by atomic mass is 9.92. The van der Waals surface area contributed by atoms with E-state index in [1.54, 1.807) is 12.4 Å². The van der Waals surface area contributed by atoms with E-state index in [2.05, 4.69) is 5.32 Å². The molecular weight excluding hydrogens is 240 g/mol. The van der Waals surface area contributed by atoms with Gasteiger partial charge in [0.15, 0.2) is 5.43 Å². The topological polar surface area (TPSA) is 51.1 Å². The van der Waals surface area contributed by atoms with Crippen LogP contribution in [-0.2, 0) is 13.5 Å². The number of hydrogen-bond donors (Lipinski definition) is 1. The molecule has 4 heteroatoms. The van der Waals surface area contributed by atoms with Crippen LogP contribution in [0.4, 0.5) is 0 Å². The van der Waals surface area contributed by atoms with Gasteiger partial charge >= 0.3 is 0 Å².